The first kappa shape index (κ1) is 14.5. The van der Waals surface area contributed by atoms with E-state index in [0.717, 1.165) is 3.57 Å². The second kappa shape index (κ2) is 6.02. The number of nitrogens with zero attached hydrogens (tertiary/aromatic N) is 2. The molecule has 2 rings (SSSR count). The maximum atomic E-state index is 12.0. The van der Waals surface area contributed by atoms with Gasteiger partial charge < -0.3 is 9.88 Å². The van der Waals surface area contributed by atoms with Gasteiger partial charge in [0, 0.05) is 15.6 Å². The molecule has 0 atom stereocenters. The molecule has 1 amide bonds. The van der Waals surface area contributed by atoms with Gasteiger partial charge in [-0.25, -0.2) is 0 Å². The number of H-pyrrole nitrogens is 1. The largest absolute Gasteiger partial charge is 0.345 e. The number of amides is 1. The molecule has 0 aliphatic heterocycles. The fraction of sp³-hybridized carbons (Fsp3) is 0.182. The molecule has 0 spiro atoms. The number of rotatable bonds is 3. The fourth-order valence-corrected chi connectivity index (χ4v) is 2.73. The smallest absolute Gasteiger partial charge is 0.252 e. The van der Waals surface area contributed by atoms with Gasteiger partial charge in [0.15, 0.2) is 10.6 Å². The molecule has 0 bridgehead atoms. The standard InChI is InChI=1S/C11H10ClIN4OS/c1-17-9(15-16-11(17)19)5-14-10(18)7-3-2-6(12)4-8(7)13/h2-4H,5H2,1H3,(H,14,18)(H,16,19). The van der Waals surface area contributed by atoms with E-state index in [4.69, 9.17) is 23.8 Å². The minimum Gasteiger partial charge on any atom is -0.345 e. The van der Waals surface area contributed by atoms with Crippen molar-refractivity contribution in [3.8, 4) is 0 Å². The molecular weight excluding hydrogens is 399 g/mol. The van der Waals surface area contributed by atoms with Crippen LogP contribution in [0.1, 0.15) is 16.2 Å². The van der Waals surface area contributed by atoms with Crippen LogP contribution in [0.3, 0.4) is 0 Å². The summed E-state index contributed by atoms with van der Waals surface area (Å²) in [5, 5.41) is 10.1. The van der Waals surface area contributed by atoms with Crippen LogP contribution in [0.4, 0.5) is 0 Å². The Balaban J connectivity index is 2.09. The third-order valence-electron chi connectivity index (χ3n) is 2.56. The van der Waals surface area contributed by atoms with E-state index in [9.17, 15) is 4.79 Å². The van der Waals surface area contributed by atoms with Crippen molar-refractivity contribution in [1.82, 2.24) is 20.1 Å². The minimum atomic E-state index is -0.171. The zero-order valence-electron chi connectivity index (χ0n) is 9.91. The zero-order valence-corrected chi connectivity index (χ0v) is 13.6. The molecule has 1 aromatic heterocycles. The van der Waals surface area contributed by atoms with Crippen molar-refractivity contribution in [3.63, 3.8) is 0 Å². The molecule has 0 saturated heterocycles. The molecule has 1 aromatic carbocycles. The van der Waals surface area contributed by atoms with E-state index in [1.807, 2.05) is 0 Å². The Morgan fingerprint density at radius 1 is 1.63 bits per heavy atom. The van der Waals surface area contributed by atoms with Crippen LogP contribution in [0.25, 0.3) is 0 Å². The van der Waals surface area contributed by atoms with E-state index in [0.29, 0.717) is 27.7 Å². The molecule has 0 saturated carbocycles. The summed E-state index contributed by atoms with van der Waals surface area (Å²) in [6, 6.07) is 5.13. The summed E-state index contributed by atoms with van der Waals surface area (Å²) in [5.41, 5.74) is 0.585. The number of halogens is 2. The molecule has 8 heteroatoms. The molecule has 0 radical (unpaired) electrons. The number of aromatic amines is 1. The van der Waals surface area contributed by atoms with Gasteiger partial charge in [-0.1, -0.05) is 11.6 Å². The zero-order chi connectivity index (χ0) is 14.0. The Morgan fingerprint density at radius 2 is 2.37 bits per heavy atom. The van der Waals surface area contributed by atoms with Crippen molar-refractivity contribution in [2.24, 2.45) is 7.05 Å². The number of benzene rings is 1. The molecule has 5 nitrogen and oxygen atoms in total. The van der Waals surface area contributed by atoms with Gasteiger partial charge in [-0.2, -0.15) is 5.10 Å². The van der Waals surface area contributed by atoms with Gasteiger partial charge in [-0.15, -0.1) is 0 Å². The average molecular weight is 409 g/mol. The first-order valence-electron chi connectivity index (χ1n) is 5.32. The van der Waals surface area contributed by atoms with Gasteiger partial charge in [-0.05, 0) is 53.0 Å². The van der Waals surface area contributed by atoms with Gasteiger partial charge in [-0.3, -0.25) is 9.89 Å². The Hall–Kier alpha value is -0.930. The lowest BCUT2D eigenvalue weighted by Crippen LogP contribution is -2.25. The van der Waals surface area contributed by atoms with Gasteiger partial charge in [0.05, 0.1) is 12.1 Å². The van der Waals surface area contributed by atoms with Crippen LogP contribution >= 0.6 is 46.4 Å². The first-order valence-corrected chi connectivity index (χ1v) is 7.19. The van der Waals surface area contributed by atoms with Gasteiger partial charge >= 0.3 is 0 Å². The summed E-state index contributed by atoms with van der Waals surface area (Å²) >= 11 is 12.9. The van der Waals surface area contributed by atoms with Crippen LogP contribution in [-0.4, -0.2) is 20.7 Å². The molecule has 0 aliphatic rings. The van der Waals surface area contributed by atoms with Crippen molar-refractivity contribution >= 4 is 52.3 Å². The molecule has 19 heavy (non-hydrogen) atoms. The highest BCUT2D eigenvalue weighted by Gasteiger charge is 2.11. The van der Waals surface area contributed by atoms with Gasteiger partial charge in [0.1, 0.15) is 0 Å². The maximum absolute atomic E-state index is 12.0. The molecule has 0 aliphatic carbocycles. The fourth-order valence-electron chi connectivity index (χ4n) is 1.47. The van der Waals surface area contributed by atoms with Crippen LogP contribution in [-0.2, 0) is 13.6 Å². The van der Waals surface area contributed by atoms with E-state index in [1.165, 1.54) is 0 Å². The predicted octanol–water partition coefficient (Wildman–Crippen LogP) is 2.67. The van der Waals surface area contributed by atoms with Crippen molar-refractivity contribution in [2.45, 2.75) is 6.54 Å². The van der Waals surface area contributed by atoms with Crippen molar-refractivity contribution in [1.29, 1.82) is 0 Å². The highest BCUT2D eigenvalue weighted by atomic mass is 127. The molecule has 1 heterocycles. The summed E-state index contributed by atoms with van der Waals surface area (Å²) in [6.07, 6.45) is 0. The van der Waals surface area contributed by atoms with Gasteiger partial charge in [0.25, 0.3) is 5.91 Å². The van der Waals surface area contributed by atoms with Crippen LogP contribution in [0.5, 0.6) is 0 Å². The van der Waals surface area contributed by atoms with E-state index in [1.54, 1.807) is 29.8 Å². The molecular formula is C11H10ClIN4OS. The number of hydrogen-bond donors (Lipinski definition) is 2. The first-order chi connectivity index (χ1) is 8.99. The Labute approximate surface area is 133 Å². The van der Waals surface area contributed by atoms with Crippen molar-refractivity contribution in [3.05, 3.63) is 43.0 Å². The van der Waals surface area contributed by atoms with Gasteiger partial charge in [0.2, 0.25) is 0 Å². The molecule has 0 fully saturated rings. The highest BCUT2D eigenvalue weighted by Crippen LogP contribution is 2.17. The van der Waals surface area contributed by atoms with Crippen molar-refractivity contribution < 1.29 is 4.79 Å². The topological polar surface area (TPSA) is 62.7 Å². The highest BCUT2D eigenvalue weighted by molar-refractivity contribution is 14.1. The third-order valence-corrected chi connectivity index (χ3v) is 4.05. The van der Waals surface area contributed by atoms with E-state index in [2.05, 4.69) is 38.1 Å². The Kier molecular flexibility index (Phi) is 4.58. The number of carbonyl (C=O) groups is 1. The Morgan fingerprint density at radius 3 is 2.95 bits per heavy atom. The van der Waals surface area contributed by atoms with Crippen LogP contribution in [0, 0.1) is 8.34 Å². The van der Waals surface area contributed by atoms with Crippen LogP contribution < -0.4 is 5.32 Å². The van der Waals surface area contributed by atoms with Crippen LogP contribution in [0.15, 0.2) is 18.2 Å². The molecule has 100 valence electrons. The minimum absolute atomic E-state index is 0.171. The summed E-state index contributed by atoms with van der Waals surface area (Å²) in [5.74, 6) is 0.498. The summed E-state index contributed by atoms with van der Waals surface area (Å²) in [4.78, 5) is 12.0. The summed E-state index contributed by atoms with van der Waals surface area (Å²) < 4.78 is 3.03. The quantitative estimate of drug-likeness (QED) is 0.606. The second-order valence-electron chi connectivity index (χ2n) is 3.81. The second-order valence-corrected chi connectivity index (χ2v) is 5.80. The van der Waals surface area contributed by atoms with Crippen molar-refractivity contribution in [2.75, 3.05) is 0 Å². The van der Waals surface area contributed by atoms with E-state index < -0.39 is 0 Å². The SMILES string of the molecule is Cn1c(CNC(=O)c2ccc(Cl)cc2I)n[nH]c1=S. The lowest BCUT2D eigenvalue weighted by atomic mass is 10.2. The Bertz CT molecular complexity index is 682. The monoisotopic (exact) mass is 408 g/mol. The third kappa shape index (κ3) is 3.34. The maximum Gasteiger partial charge on any atom is 0.252 e. The van der Waals surface area contributed by atoms with E-state index in [-0.39, 0.29) is 5.91 Å². The van der Waals surface area contributed by atoms with E-state index >= 15 is 0 Å². The lowest BCUT2D eigenvalue weighted by molar-refractivity contribution is 0.0948. The number of nitrogens with one attached hydrogen (secondary N) is 2. The molecule has 2 aromatic rings. The predicted molar refractivity (Wildman–Crippen MR) is 83.7 cm³/mol. The summed E-state index contributed by atoms with van der Waals surface area (Å²) in [7, 11) is 1.79. The molecule has 2 N–H and O–H groups in total. The normalized spacial score (nSPS) is 10.5. The lowest BCUT2D eigenvalue weighted by Gasteiger charge is -2.06. The number of hydrogen-bond acceptors (Lipinski definition) is 3. The summed E-state index contributed by atoms with van der Waals surface area (Å²) in [6.45, 7) is 0.307. The average Bonchev–Trinajstić information content (AvgIpc) is 2.67. The molecule has 0 unspecified atom stereocenters. The number of aromatic nitrogens is 3. The number of carbonyl (C=O) groups excluding carboxylic acids is 1. The van der Waals surface area contributed by atoms with Crippen LogP contribution in [0.2, 0.25) is 5.02 Å².